The first-order valence-corrected chi connectivity index (χ1v) is 9.92. The van der Waals surface area contributed by atoms with Crippen LogP contribution in [0.3, 0.4) is 0 Å². The third-order valence-corrected chi connectivity index (χ3v) is 5.11. The van der Waals surface area contributed by atoms with Crippen LogP contribution in [-0.4, -0.2) is 24.1 Å². The van der Waals surface area contributed by atoms with Gasteiger partial charge in [-0.1, -0.05) is 48.5 Å². The van der Waals surface area contributed by atoms with Gasteiger partial charge in [-0.15, -0.1) is 0 Å². The summed E-state index contributed by atoms with van der Waals surface area (Å²) in [5.74, 6) is -0.352. The van der Waals surface area contributed by atoms with E-state index in [-0.39, 0.29) is 29.7 Å². The van der Waals surface area contributed by atoms with Gasteiger partial charge in [-0.05, 0) is 54.8 Å². The summed E-state index contributed by atoms with van der Waals surface area (Å²) in [6.07, 6.45) is 1.56. The summed E-state index contributed by atoms with van der Waals surface area (Å²) in [6.45, 7) is 3.73. The van der Waals surface area contributed by atoms with Gasteiger partial charge in [0.05, 0.1) is 5.57 Å². The van der Waals surface area contributed by atoms with Gasteiger partial charge in [-0.3, -0.25) is 14.4 Å². The van der Waals surface area contributed by atoms with Crippen LogP contribution in [0.25, 0.3) is 6.08 Å². The van der Waals surface area contributed by atoms with E-state index in [0.29, 0.717) is 22.4 Å². The molecule has 0 aliphatic heterocycles. The molecule has 1 amide bonds. The van der Waals surface area contributed by atoms with Gasteiger partial charge in [0.25, 0.3) is 5.91 Å². The molecule has 0 fully saturated rings. The molecule has 0 aromatic heterocycles. The van der Waals surface area contributed by atoms with Crippen molar-refractivity contribution in [2.75, 3.05) is 11.9 Å². The van der Waals surface area contributed by atoms with E-state index < -0.39 is 0 Å². The largest absolute Gasteiger partial charge is 0.484 e. The first-order chi connectivity index (χ1) is 14.9. The minimum Gasteiger partial charge on any atom is -0.484 e. The van der Waals surface area contributed by atoms with Crippen LogP contribution in [-0.2, 0) is 4.79 Å². The van der Waals surface area contributed by atoms with Gasteiger partial charge in [0.1, 0.15) is 5.75 Å². The number of Topliss-reactive ketones (excluding diaryl/α,β-unsaturated/α-hetero) is 2. The molecule has 0 unspecified atom stereocenters. The molecule has 5 nitrogen and oxygen atoms in total. The molecule has 0 saturated heterocycles. The molecule has 1 aliphatic rings. The Balaban J connectivity index is 1.45. The number of ether oxygens (including phenoxy) is 1. The minimum absolute atomic E-state index is 0.131. The van der Waals surface area contributed by atoms with Crippen LogP contribution >= 0.6 is 0 Å². The smallest absolute Gasteiger partial charge is 0.262 e. The molecule has 154 valence electrons. The molecule has 5 heteroatoms. The molecule has 0 saturated carbocycles. The number of allylic oxidation sites excluding steroid dienone is 1. The average molecular weight is 411 g/mol. The lowest BCUT2D eigenvalue weighted by Gasteiger charge is -2.10. The maximum atomic E-state index is 12.6. The maximum Gasteiger partial charge on any atom is 0.262 e. The van der Waals surface area contributed by atoms with Crippen molar-refractivity contribution in [3.63, 3.8) is 0 Å². The lowest BCUT2D eigenvalue weighted by Crippen LogP contribution is -2.20. The molecular formula is C26H21NO4. The van der Waals surface area contributed by atoms with E-state index in [9.17, 15) is 14.4 Å². The molecule has 1 N–H and O–H groups in total. The van der Waals surface area contributed by atoms with E-state index >= 15 is 0 Å². The summed E-state index contributed by atoms with van der Waals surface area (Å²) in [5, 5.41) is 2.85. The Morgan fingerprint density at radius 1 is 0.903 bits per heavy atom. The third-order valence-electron chi connectivity index (χ3n) is 5.11. The number of benzene rings is 3. The monoisotopic (exact) mass is 411 g/mol. The summed E-state index contributed by atoms with van der Waals surface area (Å²) < 4.78 is 5.62. The first kappa shape index (κ1) is 20.3. The van der Waals surface area contributed by atoms with Crippen molar-refractivity contribution in [2.45, 2.75) is 13.8 Å². The van der Waals surface area contributed by atoms with Gasteiger partial charge < -0.3 is 10.1 Å². The number of rotatable bonds is 5. The van der Waals surface area contributed by atoms with Crippen LogP contribution in [0.15, 0.2) is 72.3 Å². The highest BCUT2D eigenvalue weighted by atomic mass is 16.5. The van der Waals surface area contributed by atoms with Crippen LogP contribution in [0.1, 0.15) is 37.4 Å². The Morgan fingerprint density at radius 2 is 1.61 bits per heavy atom. The number of ketones is 2. The van der Waals surface area contributed by atoms with Crippen molar-refractivity contribution >= 4 is 29.2 Å². The highest BCUT2D eigenvalue weighted by Gasteiger charge is 2.32. The highest BCUT2D eigenvalue weighted by Crippen LogP contribution is 2.28. The number of hydrogen-bond donors (Lipinski definition) is 1. The molecule has 3 aromatic rings. The third kappa shape index (κ3) is 4.31. The molecule has 31 heavy (non-hydrogen) atoms. The van der Waals surface area contributed by atoms with Crippen LogP contribution in [0.2, 0.25) is 0 Å². The van der Waals surface area contributed by atoms with Crippen molar-refractivity contribution < 1.29 is 19.1 Å². The average Bonchev–Trinajstić information content (AvgIpc) is 3.00. The van der Waals surface area contributed by atoms with Crippen LogP contribution in [0, 0.1) is 13.8 Å². The zero-order chi connectivity index (χ0) is 22.0. The topological polar surface area (TPSA) is 72.5 Å². The van der Waals surface area contributed by atoms with E-state index in [2.05, 4.69) is 5.32 Å². The second-order valence-electron chi connectivity index (χ2n) is 7.49. The summed E-state index contributed by atoms with van der Waals surface area (Å²) >= 11 is 0. The number of carbonyl (C=O) groups excluding carboxylic acids is 3. The predicted octanol–water partition coefficient (Wildman–Crippen LogP) is 4.78. The van der Waals surface area contributed by atoms with Crippen molar-refractivity contribution in [1.29, 1.82) is 0 Å². The number of carbonyl (C=O) groups is 3. The highest BCUT2D eigenvalue weighted by molar-refractivity contribution is 6.41. The first-order valence-electron chi connectivity index (χ1n) is 9.92. The minimum atomic E-state index is -0.278. The summed E-state index contributed by atoms with van der Waals surface area (Å²) in [7, 11) is 0. The second-order valence-corrected chi connectivity index (χ2v) is 7.49. The fourth-order valence-electron chi connectivity index (χ4n) is 3.47. The van der Waals surface area contributed by atoms with Crippen LogP contribution < -0.4 is 10.1 Å². The second kappa shape index (κ2) is 8.40. The molecule has 1 aliphatic carbocycles. The number of nitrogens with one attached hydrogen (secondary N) is 1. The van der Waals surface area contributed by atoms with Gasteiger partial charge in [-0.25, -0.2) is 0 Å². The number of amides is 1. The summed E-state index contributed by atoms with van der Waals surface area (Å²) in [4.78, 5) is 37.4. The van der Waals surface area contributed by atoms with E-state index in [1.54, 1.807) is 54.6 Å². The van der Waals surface area contributed by atoms with Crippen molar-refractivity contribution in [2.24, 2.45) is 0 Å². The number of anilines is 1. The van der Waals surface area contributed by atoms with Gasteiger partial charge in [0.15, 0.2) is 18.2 Å². The number of hydrogen-bond acceptors (Lipinski definition) is 4. The summed E-state index contributed by atoms with van der Waals surface area (Å²) in [6, 6.07) is 19.6. The van der Waals surface area contributed by atoms with Crippen molar-refractivity contribution in [3.05, 3.63) is 100 Å². The van der Waals surface area contributed by atoms with Gasteiger partial charge in [-0.2, -0.15) is 0 Å². The predicted molar refractivity (Wildman–Crippen MR) is 120 cm³/mol. The molecule has 0 heterocycles. The van der Waals surface area contributed by atoms with E-state index in [4.69, 9.17) is 4.74 Å². The lowest BCUT2D eigenvalue weighted by molar-refractivity contribution is -0.118. The Bertz CT molecular complexity index is 1200. The number of aryl methyl sites for hydroxylation is 2. The summed E-state index contributed by atoms with van der Waals surface area (Å²) in [5.41, 5.74) is 4.41. The molecule has 0 radical (unpaired) electrons. The SMILES string of the molecule is Cc1ccc(C)c(NC(=O)COc2cccc(C=C3C(=O)c4ccccc4C3=O)c2)c1. The Morgan fingerprint density at radius 3 is 2.32 bits per heavy atom. The molecule has 0 atom stereocenters. The zero-order valence-corrected chi connectivity index (χ0v) is 17.3. The van der Waals surface area contributed by atoms with Crippen LogP contribution in [0.4, 0.5) is 5.69 Å². The fourth-order valence-corrected chi connectivity index (χ4v) is 3.47. The van der Waals surface area contributed by atoms with E-state index in [0.717, 1.165) is 16.8 Å². The molecule has 4 rings (SSSR count). The normalized spacial score (nSPS) is 12.5. The Labute approximate surface area is 180 Å². The Kier molecular flexibility index (Phi) is 5.50. The van der Waals surface area contributed by atoms with Gasteiger partial charge in [0, 0.05) is 16.8 Å². The Hall–Kier alpha value is -3.99. The van der Waals surface area contributed by atoms with Gasteiger partial charge >= 0.3 is 0 Å². The van der Waals surface area contributed by atoms with Gasteiger partial charge in [0.2, 0.25) is 0 Å². The van der Waals surface area contributed by atoms with Crippen molar-refractivity contribution in [3.8, 4) is 5.75 Å². The fraction of sp³-hybridized carbons (Fsp3) is 0.115. The molecule has 3 aromatic carbocycles. The van der Waals surface area contributed by atoms with Crippen molar-refractivity contribution in [1.82, 2.24) is 0 Å². The zero-order valence-electron chi connectivity index (χ0n) is 17.3. The van der Waals surface area contributed by atoms with Crippen LogP contribution in [0.5, 0.6) is 5.75 Å². The van der Waals surface area contributed by atoms with E-state index in [1.165, 1.54) is 0 Å². The molecular weight excluding hydrogens is 390 g/mol. The lowest BCUT2D eigenvalue weighted by atomic mass is 10.1. The molecule has 0 bridgehead atoms. The number of fused-ring (bicyclic) bond motifs is 1. The standard InChI is InChI=1S/C26H21NO4/c1-16-10-11-17(2)23(12-16)27-24(28)15-31-19-7-5-6-18(13-19)14-22-25(29)20-8-3-4-9-21(20)26(22)30/h3-14H,15H2,1-2H3,(H,27,28). The van der Waals surface area contributed by atoms with E-state index in [1.807, 2.05) is 32.0 Å². The quantitative estimate of drug-likeness (QED) is 0.484. The maximum absolute atomic E-state index is 12.6. The molecule has 0 spiro atoms.